The molecule has 3 rings (SSSR count). The van der Waals surface area contributed by atoms with E-state index in [1.54, 1.807) is 4.90 Å². The molecule has 1 N–H and O–H groups in total. The van der Waals surface area contributed by atoms with Crippen LogP contribution in [0, 0.1) is 5.92 Å². The number of amides is 2. The number of likely N-dealkylation sites (tertiary alicyclic amines) is 1. The Kier molecular flexibility index (Phi) is 5.65. The summed E-state index contributed by atoms with van der Waals surface area (Å²) in [5.41, 5.74) is -0.0876. The molecular weight excluding hydrogens is 393 g/mol. The fourth-order valence-corrected chi connectivity index (χ4v) is 3.39. The van der Waals surface area contributed by atoms with Gasteiger partial charge in [-0.3, -0.25) is 9.59 Å². The molecule has 2 aromatic rings. The third kappa shape index (κ3) is 4.30. The van der Waals surface area contributed by atoms with Gasteiger partial charge in [0.05, 0.1) is 28.2 Å². The van der Waals surface area contributed by atoms with Gasteiger partial charge in [0, 0.05) is 13.0 Å². The zero-order valence-electron chi connectivity index (χ0n) is 15.0. The first-order chi connectivity index (χ1) is 13.2. The van der Waals surface area contributed by atoms with Gasteiger partial charge >= 0.3 is 6.18 Å². The lowest BCUT2D eigenvalue weighted by atomic mass is 10.1. The summed E-state index contributed by atoms with van der Waals surface area (Å²) in [4.78, 5) is 26.5. The first kappa shape index (κ1) is 20.2. The summed E-state index contributed by atoms with van der Waals surface area (Å²) in [6.45, 7) is 2.06. The fourth-order valence-electron chi connectivity index (χ4n) is 3.23. The Morgan fingerprint density at radius 3 is 2.54 bits per heavy atom. The number of carbonyl (C=O) groups excluding carboxylic acids is 2. The van der Waals surface area contributed by atoms with Crippen LogP contribution in [0.3, 0.4) is 0 Å². The first-order valence-corrected chi connectivity index (χ1v) is 9.06. The van der Waals surface area contributed by atoms with Crippen LogP contribution in [0.5, 0.6) is 0 Å². The van der Waals surface area contributed by atoms with Crippen LogP contribution < -0.4 is 5.32 Å². The lowest BCUT2D eigenvalue weighted by Crippen LogP contribution is -2.30. The summed E-state index contributed by atoms with van der Waals surface area (Å²) in [5, 5.41) is 2.43. The Balaban J connectivity index is 1.72. The molecule has 0 aromatic heterocycles. The fraction of sp³-hybridized carbons (Fsp3) is 0.300. The van der Waals surface area contributed by atoms with Gasteiger partial charge in [-0.1, -0.05) is 41.9 Å². The van der Waals surface area contributed by atoms with Crippen LogP contribution in [0.15, 0.2) is 48.5 Å². The molecule has 1 aliphatic heterocycles. The van der Waals surface area contributed by atoms with Crippen LogP contribution in [-0.4, -0.2) is 23.3 Å². The Bertz CT molecular complexity index is 887. The van der Waals surface area contributed by atoms with Crippen molar-refractivity contribution in [3.05, 3.63) is 64.7 Å². The second kappa shape index (κ2) is 7.83. The molecule has 1 fully saturated rings. The minimum absolute atomic E-state index is 0.000170. The molecule has 0 saturated carbocycles. The summed E-state index contributed by atoms with van der Waals surface area (Å²) < 4.78 is 38.7. The largest absolute Gasteiger partial charge is 0.416 e. The minimum Gasteiger partial charge on any atom is -0.335 e. The van der Waals surface area contributed by atoms with Crippen LogP contribution in [0.25, 0.3) is 0 Å². The van der Waals surface area contributed by atoms with Crippen molar-refractivity contribution in [3.8, 4) is 0 Å². The number of anilines is 1. The number of hydrogen-bond acceptors (Lipinski definition) is 2. The predicted molar refractivity (Wildman–Crippen MR) is 99.8 cm³/mol. The zero-order chi connectivity index (χ0) is 20.5. The number of benzene rings is 2. The highest BCUT2D eigenvalue weighted by Gasteiger charge is 2.37. The van der Waals surface area contributed by atoms with Gasteiger partial charge in [0.1, 0.15) is 0 Å². The summed E-state index contributed by atoms with van der Waals surface area (Å²) in [6, 6.07) is 11.9. The zero-order valence-corrected chi connectivity index (χ0v) is 15.7. The van der Waals surface area contributed by atoms with Crippen molar-refractivity contribution < 1.29 is 22.8 Å². The van der Waals surface area contributed by atoms with Crippen molar-refractivity contribution in [2.45, 2.75) is 25.6 Å². The average molecular weight is 411 g/mol. The number of nitrogens with one attached hydrogen (secondary N) is 1. The van der Waals surface area contributed by atoms with Gasteiger partial charge in [0.25, 0.3) is 0 Å². The van der Waals surface area contributed by atoms with Crippen LogP contribution in [0.1, 0.15) is 30.5 Å². The van der Waals surface area contributed by atoms with Gasteiger partial charge in [0.15, 0.2) is 0 Å². The molecular formula is C20H18ClF3N2O2. The molecule has 0 radical (unpaired) electrons. The van der Waals surface area contributed by atoms with Crippen molar-refractivity contribution in [2.24, 2.45) is 5.92 Å². The monoisotopic (exact) mass is 410 g/mol. The summed E-state index contributed by atoms with van der Waals surface area (Å²) in [6.07, 6.45) is -4.55. The molecule has 28 heavy (non-hydrogen) atoms. The van der Waals surface area contributed by atoms with Crippen LogP contribution in [0.2, 0.25) is 5.02 Å². The van der Waals surface area contributed by atoms with Crippen molar-refractivity contribution in [1.82, 2.24) is 4.90 Å². The average Bonchev–Trinajstić information content (AvgIpc) is 3.04. The molecule has 148 valence electrons. The van der Waals surface area contributed by atoms with Crippen molar-refractivity contribution in [3.63, 3.8) is 0 Å². The van der Waals surface area contributed by atoms with Crippen LogP contribution in [-0.2, 0) is 15.8 Å². The highest BCUT2D eigenvalue weighted by Crippen LogP contribution is 2.35. The number of alkyl halides is 3. The van der Waals surface area contributed by atoms with E-state index in [1.165, 1.54) is 0 Å². The van der Waals surface area contributed by atoms with Crippen molar-refractivity contribution in [2.75, 3.05) is 11.9 Å². The highest BCUT2D eigenvalue weighted by atomic mass is 35.5. The smallest absolute Gasteiger partial charge is 0.335 e. The highest BCUT2D eigenvalue weighted by molar-refractivity contribution is 6.33. The van der Waals surface area contributed by atoms with Gasteiger partial charge in [-0.2, -0.15) is 13.2 Å². The molecule has 0 aliphatic carbocycles. The third-order valence-corrected chi connectivity index (χ3v) is 5.16. The maximum Gasteiger partial charge on any atom is 0.416 e. The number of rotatable bonds is 4. The number of halogens is 4. The predicted octanol–water partition coefficient (Wildman–Crippen LogP) is 4.91. The van der Waals surface area contributed by atoms with E-state index in [4.69, 9.17) is 11.6 Å². The van der Waals surface area contributed by atoms with E-state index in [1.807, 2.05) is 37.3 Å². The second-order valence-corrected chi connectivity index (χ2v) is 7.12. The SMILES string of the molecule is C[C@@H](c1ccccc1)N1C[C@@H](C(=O)Nc2cc(C(F)(F)F)ccc2Cl)CC1=O. The maximum atomic E-state index is 12.9. The second-order valence-electron chi connectivity index (χ2n) is 6.72. The Labute approximate surface area is 165 Å². The number of carbonyl (C=O) groups is 2. The molecule has 8 heteroatoms. The maximum absolute atomic E-state index is 12.9. The minimum atomic E-state index is -4.55. The van der Waals surface area contributed by atoms with E-state index in [0.29, 0.717) is 0 Å². The number of hydrogen-bond donors (Lipinski definition) is 1. The van der Waals surface area contributed by atoms with Crippen LogP contribution in [0.4, 0.5) is 18.9 Å². The van der Waals surface area contributed by atoms with E-state index in [2.05, 4.69) is 5.32 Å². The molecule has 1 heterocycles. The summed E-state index contributed by atoms with van der Waals surface area (Å²) in [7, 11) is 0. The van der Waals surface area contributed by atoms with Crippen LogP contribution >= 0.6 is 11.6 Å². The molecule has 0 bridgehead atoms. The summed E-state index contributed by atoms with van der Waals surface area (Å²) >= 11 is 5.93. The Hall–Kier alpha value is -2.54. The van der Waals surface area contributed by atoms with Crippen molar-refractivity contribution >= 4 is 29.1 Å². The van der Waals surface area contributed by atoms with Gasteiger partial charge in [-0.15, -0.1) is 0 Å². The van der Waals surface area contributed by atoms with E-state index in [0.717, 1.165) is 23.8 Å². The van der Waals surface area contributed by atoms with Gasteiger partial charge in [-0.25, -0.2) is 0 Å². The Morgan fingerprint density at radius 2 is 1.89 bits per heavy atom. The van der Waals surface area contributed by atoms with E-state index >= 15 is 0 Å². The summed E-state index contributed by atoms with van der Waals surface area (Å²) in [5.74, 6) is -1.37. The van der Waals surface area contributed by atoms with E-state index in [-0.39, 0.29) is 35.6 Å². The molecule has 0 unspecified atom stereocenters. The first-order valence-electron chi connectivity index (χ1n) is 8.69. The Morgan fingerprint density at radius 1 is 1.21 bits per heavy atom. The van der Waals surface area contributed by atoms with Crippen molar-refractivity contribution in [1.29, 1.82) is 0 Å². The molecule has 2 amide bonds. The van der Waals surface area contributed by atoms with Gasteiger partial charge < -0.3 is 10.2 Å². The normalized spacial score (nSPS) is 18.2. The lowest BCUT2D eigenvalue weighted by Gasteiger charge is -2.25. The molecule has 2 aromatic carbocycles. The van der Waals surface area contributed by atoms with E-state index < -0.39 is 23.6 Å². The topological polar surface area (TPSA) is 49.4 Å². The quantitative estimate of drug-likeness (QED) is 0.778. The molecule has 4 nitrogen and oxygen atoms in total. The number of nitrogens with zero attached hydrogens (tertiary/aromatic N) is 1. The standard InChI is InChI=1S/C20H18ClF3N2O2/c1-12(13-5-3-2-4-6-13)26-11-14(9-18(26)27)19(28)25-17-10-15(20(22,23)24)7-8-16(17)21/h2-8,10,12,14H,9,11H2,1H3,(H,25,28)/t12-,14-/m0/s1. The third-order valence-electron chi connectivity index (χ3n) is 4.83. The lowest BCUT2D eigenvalue weighted by molar-refractivity contribution is -0.137. The van der Waals surface area contributed by atoms with Gasteiger partial charge in [-0.05, 0) is 30.7 Å². The molecule has 1 saturated heterocycles. The molecule has 1 aliphatic rings. The molecule has 0 spiro atoms. The van der Waals surface area contributed by atoms with E-state index in [9.17, 15) is 22.8 Å². The molecule has 2 atom stereocenters. The van der Waals surface area contributed by atoms with Gasteiger partial charge in [0.2, 0.25) is 11.8 Å².